The molecule has 0 fully saturated rings. The van der Waals surface area contributed by atoms with Crippen LogP contribution in [0.2, 0.25) is 0 Å². The van der Waals surface area contributed by atoms with Gasteiger partial charge in [0, 0.05) is 19.3 Å². The maximum absolute atomic E-state index is 11.2. The molecule has 0 saturated carbocycles. The van der Waals surface area contributed by atoms with E-state index >= 15 is 0 Å². The molecule has 1 aromatic heterocycles. The quantitative estimate of drug-likeness (QED) is 0.454. The van der Waals surface area contributed by atoms with Crippen molar-refractivity contribution in [2.75, 3.05) is 19.6 Å². The van der Waals surface area contributed by atoms with Gasteiger partial charge in [-0.1, -0.05) is 11.3 Å². The molecule has 0 aliphatic carbocycles. The summed E-state index contributed by atoms with van der Waals surface area (Å²) in [4.78, 5) is 11.2. The summed E-state index contributed by atoms with van der Waals surface area (Å²) >= 11 is 0. The molecule has 0 aliphatic heterocycles. The lowest BCUT2D eigenvalue weighted by molar-refractivity contribution is -0.120. The maximum Gasteiger partial charge on any atom is 0.234 e. The lowest BCUT2D eigenvalue weighted by Crippen LogP contribution is -2.35. The highest BCUT2D eigenvalue weighted by Crippen LogP contribution is 1.78. The van der Waals surface area contributed by atoms with Crippen molar-refractivity contribution < 1.29 is 4.79 Å². The van der Waals surface area contributed by atoms with Crippen LogP contribution in [-0.4, -0.2) is 40.5 Å². The van der Waals surface area contributed by atoms with E-state index in [1.54, 1.807) is 23.2 Å². The minimum atomic E-state index is -0.0306. The number of hydrogen-bond acceptors (Lipinski definition) is 4. The average Bonchev–Trinajstić information content (AvgIpc) is 2.71. The molecule has 0 aromatic carbocycles. The molecule has 15 heavy (non-hydrogen) atoms. The number of nitrogens with zero attached hydrogens (tertiary/aromatic N) is 3. The number of carbonyl (C=O) groups is 1. The van der Waals surface area contributed by atoms with E-state index in [0.29, 0.717) is 26.2 Å². The molecule has 1 aromatic rings. The smallest absolute Gasteiger partial charge is 0.234 e. The van der Waals surface area contributed by atoms with E-state index < -0.39 is 0 Å². The zero-order valence-electron chi connectivity index (χ0n) is 8.52. The summed E-state index contributed by atoms with van der Waals surface area (Å²) in [5.74, 6) is -0.0306. The van der Waals surface area contributed by atoms with Crippen LogP contribution in [0.15, 0.2) is 25.0 Å². The summed E-state index contributed by atoms with van der Waals surface area (Å²) < 4.78 is 1.66. The first-order chi connectivity index (χ1) is 7.33. The van der Waals surface area contributed by atoms with Gasteiger partial charge in [0.1, 0.15) is 0 Å². The van der Waals surface area contributed by atoms with Gasteiger partial charge >= 0.3 is 0 Å². The van der Waals surface area contributed by atoms with Crippen LogP contribution in [0.4, 0.5) is 0 Å². The Morgan fingerprint density at radius 3 is 3.13 bits per heavy atom. The van der Waals surface area contributed by atoms with Crippen LogP contribution in [0.25, 0.3) is 0 Å². The number of hydrogen-bond donors (Lipinski definition) is 2. The molecule has 0 aliphatic rings. The van der Waals surface area contributed by atoms with Crippen LogP contribution >= 0.6 is 0 Å². The van der Waals surface area contributed by atoms with Crippen LogP contribution in [-0.2, 0) is 11.3 Å². The fourth-order valence-corrected chi connectivity index (χ4v) is 1.01. The predicted octanol–water partition coefficient (Wildman–Crippen LogP) is -0.830. The highest BCUT2D eigenvalue weighted by Gasteiger charge is 1.98. The van der Waals surface area contributed by atoms with Crippen molar-refractivity contribution >= 4 is 5.91 Å². The Bertz CT molecular complexity index is 295. The molecule has 1 rings (SSSR count). The Morgan fingerprint density at radius 2 is 2.47 bits per heavy atom. The Kier molecular flexibility index (Phi) is 5.10. The second-order valence-corrected chi connectivity index (χ2v) is 2.94. The third-order valence-electron chi connectivity index (χ3n) is 1.71. The zero-order chi connectivity index (χ0) is 10.9. The van der Waals surface area contributed by atoms with Gasteiger partial charge < -0.3 is 10.6 Å². The van der Waals surface area contributed by atoms with Gasteiger partial charge in [0.25, 0.3) is 0 Å². The monoisotopic (exact) mass is 209 g/mol. The highest BCUT2D eigenvalue weighted by atomic mass is 16.1. The van der Waals surface area contributed by atoms with Crippen LogP contribution in [0.5, 0.6) is 0 Å². The molecule has 6 heteroatoms. The van der Waals surface area contributed by atoms with Crippen molar-refractivity contribution in [3.05, 3.63) is 25.0 Å². The van der Waals surface area contributed by atoms with E-state index in [2.05, 4.69) is 27.5 Å². The Balaban J connectivity index is 2.04. The Labute approximate surface area is 88.4 Å². The molecule has 1 heterocycles. The third-order valence-corrected chi connectivity index (χ3v) is 1.71. The second kappa shape index (κ2) is 6.72. The van der Waals surface area contributed by atoms with Gasteiger partial charge in [-0.25, -0.2) is 0 Å². The van der Waals surface area contributed by atoms with Crippen LogP contribution in [0.3, 0.4) is 0 Å². The van der Waals surface area contributed by atoms with E-state index in [9.17, 15) is 4.79 Å². The first-order valence-corrected chi connectivity index (χ1v) is 4.75. The molecule has 0 spiro atoms. The minimum Gasteiger partial charge on any atom is -0.353 e. The van der Waals surface area contributed by atoms with E-state index in [-0.39, 0.29) is 5.91 Å². The summed E-state index contributed by atoms with van der Waals surface area (Å²) in [6, 6.07) is 0. The van der Waals surface area contributed by atoms with E-state index in [4.69, 9.17) is 0 Å². The molecule has 0 atom stereocenters. The standard InChI is InChI=1S/C9H15N5O/c1-2-3-10-8-9(15)11-4-6-14-7-5-12-13-14/h2,5,7,10H,1,3-4,6,8H2,(H,11,15). The first-order valence-electron chi connectivity index (χ1n) is 4.75. The topological polar surface area (TPSA) is 71.8 Å². The van der Waals surface area contributed by atoms with Crippen molar-refractivity contribution in [2.24, 2.45) is 0 Å². The molecule has 82 valence electrons. The van der Waals surface area contributed by atoms with Gasteiger partial charge in [-0.2, -0.15) is 0 Å². The SMILES string of the molecule is C=CCNCC(=O)NCCn1ccnn1. The van der Waals surface area contributed by atoms with Crippen LogP contribution < -0.4 is 10.6 Å². The Morgan fingerprint density at radius 1 is 1.60 bits per heavy atom. The lowest BCUT2D eigenvalue weighted by Gasteiger charge is -2.04. The van der Waals surface area contributed by atoms with Gasteiger partial charge in [0.05, 0.1) is 19.3 Å². The number of nitrogens with one attached hydrogen (secondary N) is 2. The van der Waals surface area contributed by atoms with Crippen LogP contribution in [0, 0.1) is 0 Å². The Hall–Kier alpha value is -1.69. The molecule has 2 N–H and O–H groups in total. The third kappa shape index (κ3) is 4.92. The van der Waals surface area contributed by atoms with Gasteiger partial charge in [-0.3, -0.25) is 9.48 Å². The molecule has 0 radical (unpaired) electrons. The normalized spacial score (nSPS) is 9.87. The molecule has 1 amide bonds. The molecular formula is C9H15N5O. The fourth-order valence-electron chi connectivity index (χ4n) is 1.01. The number of aromatic nitrogens is 3. The molecule has 6 nitrogen and oxygen atoms in total. The highest BCUT2D eigenvalue weighted by molar-refractivity contribution is 5.77. The van der Waals surface area contributed by atoms with Gasteiger partial charge in [-0.15, -0.1) is 11.7 Å². The van der Waals surface area contributed by atoms with Gasteiger partial charge in [-0.05, 0) is 0 Å². The zero-order valence-corrected chi connectivity index (χ0v) is 8.52. The maximum atomic E-state index is 11.2. The molecule has 0 bridgehead atoms. The van der Waals surface area contributed by atoms with E-state index in [0.717, 1.165) is 0 Å². The first kappa shape index (κ1) is 11.4. The predicted molar refractivity (Wildman–Crippen MR) is 56.1 cm³/mol. The lowest BCUT2D eigenvalue weighted by atomic mass is 10.5. The fraction of sp³-hybridized carbons (Fsp3) is 0.444. The number of carbonyl (C=O) groups excluding carboxylic acids is 1. The van der Waals surface area contributed by atoms with Gasteiger partial charge in [0.15, 0.2) is 0 Å². The van der Waals surface area contributed by atoms with E-state index in [1.165, 1.54) is 0 Å². The van der Waals surface area contributed by atoms with Crippen molar-refractivity contribution in [1.29, 1.82) is 0 Å². The summed E-state index contributed by atoms with van der Waals surface area (Å²) in [6.07, 6.45) is 5.07. The minimum absolute atomic E-state index is 0.0306. The van der Waals surface area contributed by atoms with E-state index in [1.807, 2.05) is 0 Å². The molecule has 0 saturated heterocycles. The van der Waals surface area contributed by atoms with Crippen molar-refractivity contribution in [2.45, 2.75) is 6.54 Å². The van der Waals surface area contributed by atoms with Gasteiger partial charge in [0.2, 0.25) is 5.91 Å². The molecular weight excluding hydrogens is 194 g/mol. The summed E-state index contributed by atoms with van der Waals surface area (Å²) in [5.41, 5.74) is 0. The second-order valence-electron chi connectivity index (χ2n) is 2.94. The van der Waals surface area contributed by atoms with Crippen molar-refractivity contribution in [3.8, 4) is 0 Å². The number of amides is 1. The van der Waals surface area contributed by atoms with Crippen molar-refractivity contribution in [3.63, 3.8) is 0 Å². The number of rotatable bonds is 7. The summed E-state index contributed by atoms with van der Waals surface area (Å²) in [6.45, 7) is 5.67. The molecule has 0 unspecified atom stereocenters. The van der Waals surface area contributed by atoms with Crippen LogP contribution in [0.1, 0.15) is 0 Å². The summed E-state index contributed by atoms with van der Waals surface area (Å²) in [7, 11) is 0. The average molecular weight is 209 g/mol. The summed E-state index contributed by atoms with van der Waals surface area (Å²) in [5, 5.41) is 13.1. The largest absolute Gasteiger partial charge is 0.353 e. The van der Waals surface area contributed by atoms with Crippen molar-refractivity contribution in [1.82, 2.24) is 25.6 Å².